The Labute approximate surface area is 175 Å². The van der Waals surface area contributed by atoms with Crippen molar-refractivity contribution < 1.29 is 18.8 Å². The highest BCUT2D eigenvalue weighted by Crippen LogP contribution is 2.29. The van der Waals surface area contributed by atoms with E-state index in [1.54, 1.807) is 42.5 Å². The number of anilines is 1. The Kier molecular flexibility index (Phi) is 4.44. The summed E-state index contributed by atoms with van der Waals surface area (Å²) in [5.74, 6) is -0.585. The number of nitrogens with zero attached hydrogens (tertiary/aromatic N) is 1. The van der Waals surface area contributed by atoms with Gasteiger partial charge >= 0.3 is 0 Å². The second-order valence-electron chi connectivity index (χ2n) is 6.75. The normalized spacial score (nSPS) is 12.5. The van der Waals surface area contributed by atoms with E-state index in [9.17, 15) is 14.4 Å². The SMILES string of the molecule is O=C(CSc1nc2ccccc2o1)Nc1ccc2c(c1)C(=O)c1ccccc1C2=O. The van der Waals surface area contributed by atoms with Crippen LogP contribution >= 0.6 is 11.8 Å². The summed E-state index contributed by atoms with van der Waals surface area (Å²) in [6, 6.07) is 18.9. The lowest BCUT2D eigenvalue weighted by molar-refractivity contribution is -0.113. The van der Waals surface area contributed by atoms with Gasteiger partial charge in [0, 0.05) is 27.9 Å². The monoisotopic (exact) mass is 414 g/mol. The van der Waals surface area contributed by atoms with Gasteiger partial charge in [-0.05, 0) is 30.3 Å². The van der Waals surface area contributed by atoms with Crippen LogP contribution in [-0.2, 0) is 4.79 Å². The molecule has 1 N–H and O–H groups in total. The minimum atomic E-state index is -0.266. The first kappa shape index (κ1) is 18.3. The maximum atomic E-state index is 12.8. The molecule has 0 atom stereocenters. The van der Waals surface area contributed by atoms with Crippen molar-refractivity contribution in [2.24, 2.45) is 0 Å². The first-order valence-electron chi connectivity index (χ1n) is 9.21. The third kappa shape index (κ3) is 3.19. The molecule has 1 heterocycles. The Morgan fingerprint density at radius 1 is 0.867 bits per heavy atom. The second-order valence-corrected chi connectivity index (χ2v) is 7.68. The lowest BCUT2D eigenvalue weighted by atomic mass is 9.84. The van der Waals surface area contributed by atoms with Crippen LogP contribution in [0.4, 0.5) is 5.69 Å². The van der Waals surface area contributed by atoms with E-state index >= 15 is 0 Å². The molecule has 0 radical (unpaired) electrons. The Balaban J connectivity index is 1.31. The molecule has 1 aromatic heterocycles. The summed E-state index contributed by atoms with van der Waals surface area (Å²) >= 11 is 1.18. The molecule has 1 amide bonds. The van der Waals surface area contributed by atoms with E-state index in [-0.39, 0.29) is 23.2 Å². The summed E-state index contributed by atoms with van der Waals surface area (Å²) < 4.78 is 5.59. The largest absolute Gasteiger partial charge is 0.431 e. The molecule has 0 aliphatic heterocycles. The molecule has 5 rings (SSSR count). The fourth-order valence-corrected chi connectivity index (χ4v) is 4.05. The first-order chi connectivity index (χ1) is 14.6. The summed E-state index contributed by atoms with van der Waals surface area (Å²) in [6.07, 6.45) is 0. The van der Waals surface area contributed by atoms with E-state index in [2.05, 4.69) is 10.3 Å². The van der Waals surface area contributed by atoms with Crippen molar-refractivity contribution in [3.8, 4) is 0 Å². The van der Waals surface area contributed by atoms with Gasteiger partial charge in [-0.2, -0.15) is 0 Å². The standard InChI is InChI=1S/C23H14N2O4S/c26-20(12-30-23-25-18-7-3-4-8-19(18)29-23)24-13-9-10-16-17(11-13)22(28)15-6-2-1-5-14(15)21(16)27/h1-11H,12H2,(H,24,26). The van der Waals surface area contributed by atoms with Gasteiger partial charge in [0.25, 0.3) is 5.22 Å². The van der Waals surface area contributed by atoms with Gasteiger partial charge in [-0.25, -0.2) is 4.98 Å². The van der Waals surface area contributed by atoms with Crippen LogP contribution in [0.5, 0.6) is 0 Å². The third-order valence-corrected chi connectivity index (χ3v) is 5.64. The number of aromatic nitrogens is 1. The van der Waals surface area contributed by atoms with Crippen molar-refractivity contribution in [1.29, 1.82) is 0 Å². The number of carbonyl (C=O) groups is 3. The molecular formula is C23H14N2O4S. The predicted octanol–water partition coefficient (Wildman–Crippen LogP) is 4.33. The topological polar surface area (TPSA) is 89.3 Å². The van der Waals surface area contributed by atoms with Gasteiger partial charge in [-0.1, -0.05) is 48.2 Å². The summed E-state index contributed by atoms with van der Waals surface area (Å²) in [7, 11) is 0. The van der Waals surface area contributed by atoms with Gasteiger partial charge < -0.3 is 9.73 Å². The smallest absolute Gasteiger partial charge is 0.257 e. The zero-order chi connectivity index (χ0) is 20.7. The predicted molar refractivity (Wildman–Crippen MR) is 113 cm³/mol. The Hall–Kier alpha value is -3.71. The van der Waals surface area contributed by atoms with Crippen LogP contribution in [0.1, 0.15) is 31.8 Å². The molecule has 0 spiro atoms. The third-order valence-electron chi connectivity index (χ3n) is 4.81. The molecule has 0 unspecified atom stereocenters. The number of rotatable bonds is 4. The van der Waals surface area contributed by atoms with Crippen LogP contribution < -0.4 is 5.32 Å². The van der Waals surface area contributed by atoms with Gasteiger partial charge in [0.15, 0.2) is 17.1 Å². The average molecular weight is 414 g/mol. The fourth-order valence-electron chi connectivity index (χ4n) is 3.41. The molecule has 1 aliphatic carbocycles. The zero-order valence-electron chi connectivity index (χ0n) is 15.5. The number of fused-ring (bicyclic) bond motifs is 3. The highest BCUT2D eigenvalue weighted by Gasteiger charge is 2.29. The van der Waals surface area contributed by atoms with E-state index in [1.807, 2.05) is 24.3 Å². The van der Waals surface area contributed by atoms with Gasteiger partial charge in [0.1, 0.15) is 5.52 Å². The fraction of sp³-hybridized carbons (Fsp3) is 0.0435. The number of amides is 1. The van der Waals surface area contributed by atoms with Crippen molar-refractivity contribution in [3.63, 3.8) is 0 Å². The lowest BCUT2D eigenvalue weighted by Gasteiger charge is -2.18. The molecule has 146 valence electrons. The summed E-state index contributed by atoms with van der Waals surface area (Å²) in [4.78, 5) is 42.1. The van der Waals surface area contributed by atoms with E-state index in [1.165, 1.54) is 11.8 Å². The Morgan fingerprint density at radius 2 is 1.53 bits per heavy atom. The van der Waals surface area contributed by atoms with Crippen molar-refractivity contribution in [1.82, 2.24) is 4.98 Å². The number of para-hydroxylation sites is 2. The maximum Gasteiger partial charge on any atom is 0.257 e. The second kappa shape index (κ2) is 7.27. The quantitative estimate of drug-likeness (QED) is 0.440. The number of carbonyl (C=O) groups excluding carboxylic acids is 3. The highest BCUT2D eigenvalue weighted by atomic mass is 32.2. The van der Waals surface area contributed by atoms with Crippen molar-refractivity contribution in [3.05, 3.63) is 89.0 Å². The van der Waals surface area contributed by atoms with Crippen molar-refractivity contribution >= 4 is 46.0 Å². The molecule has 0 bridgehead atoms. The number of ketones is 2. The molecule has 6 nitrogen and oxygen atoms in total. The Morgan fingerprint density at radius 3 is 2.30 bits per heavy atom. The van der Waals surface area contributed by atoms with Crippen molar-refractivity contribution in [2.75, 3.05) is 11.1 Å². The lowest BCUT2D eigenvalue weighted by Crippen LogP contribution is -2.21. The van der Waals surface area contributed by atoms with Crippen molar-refractivity contribution in [2.45, 2.75) is 5.22 Å². The Bertz CT molecular complexity index is 1310. The first-order valence-corrected chi connectivity index (χ1v) is 10.2. The van der Waals surface area contributed by atoms with E-state index in [0.717, 1.165) is 5.52 Å². The molecule has 7 heteroatoms. The van der Waals surface area contributed by atoms with E-state index < -0.39 is 0 Å². The number of benzene rings is 3. The van der Waals surface area contributed by atoms with Crippen LogP contribution in [0.3, 0.4) is 0 Å². The summed E-state index contributed by atoms with van der Waals surface area (Å²) in [6.45, 7) is 0. The zero-order valence-corrected chi connectivity index (χ0v) is 16.4. The van der Waals surface area contributed by atoms with Gasteiger partial charge in [0.05, 0.1) is 5.75 Å². The van der Waals surface area contributed by atoms with Gasteiger partial charge in [-0.3, -0.25) is 14.4 Å². The highest BCUT2D eigenvalue weighted by molar-refractivity contribution is 7.99. The van der Waals surface area contributed by atoms with Gasteiger partial charge in [-0.15, -0.1) is 0 Å². The molecule has 0 fully saturated rings. The molecule has 3 aromatic carbocycles. The molecule has 30 heavy (non-hydrogen) atoms. The summed E-state index contributed by atoms with van der Waals surface area (Å²) in [5.41, 5.74) is 3.28. The molecule has 1 aliphatic rings. The summed E-state index contributed by atoms with van der Waals surface area (Å²) in [5, 5.41) is 3.17. The number of hydrogen-bond donors (Lipinski definition) is 1. The van der Waals surface area contributed by atoms with E-state index in [0.29, 0.717) is 38.7 Å². The van der Waals surface area contributed by atoms with Crippen LogP contribution in [0.25, 0.3) is 11.1 Å². The number of hydrogen-bond acceptors (Lipinski definition) is 6. The minimum absolute atomic E-state index is 0.0968. The maximum absolute atomic E-state index is 12.8. The molecule has 0 saturated heterocycles. The number of oxazole rings is 1. The number of thioether (sulfide) groups is 1. The minimum Gasteiger partial charge on any atom is -0.431 e. The van der Waals surface area contributed by atoms with Gasteiger partial charge in [0.2, 0.25) is 5.91 Å². The van der Waals surface area contributed by atoms with Crippen LogP contribution in [0, 0.1) is 0 Å². The molecular weight excluding hydrogens is 400 g/mol. The van der Waals surface area contributed by atoms with Crippen LogP contribution in [0.2, 0.25) is 0 Å². The van der Waals surface area contributed by atoms with Crippen LogP contribution in [-0.4, -0.2) is 28.2 Å². The number of nitrogens with one attached hydrogen (secondary N) is 1. The average Bonchev–Trinajstić information content (AvgIpc) is 3.19. The van der Waals surface area contributed by atoms with E-state index in [4.69, 9.17) is 4.42 Å². The molecule has 4 aromatic rings. The van der Waals surface area contributed by atoms with Crippen LogP contribution in [0.15, 0.2) is 76.4 Å². The molecule has 0 saturated carbocycles.